The van der Waals surface area contributed by atoms with Crippen LogP contribution in [0.3, 0.4) is 0 Å². The molecular formula is C14H23F3N2O2. The first-order chi connectivity index (χ1) is 9.75. The van der Waals surface area contributed by atoms with Gasteiger partial charge in [0.2, 0.25) is 5.91 Å². The Morgan fingerprint density at radius 2 is 2.10 bits per heavy atom. The minimum Gasteiger partial charge on any atom is -0.377 e. The molecule has 122 valence electrons. The van der Waals surface area contributed by atoms with Gasteiger partial charge in [0.05, 0.1) is 17.6 Å². The fraction of sp³-hybridized carbons (Fsp3) is 0.929. The van der Waals surface area contributed by atoms with Crippen molar-refractivity contribution in [2.45, 2.75) is 50.4 Å². The molecule has 21 heavy (non-hydrogen) atoms. The van der Waals surface area contributed by atoms with Crippen molar-refractivity contribution in [3.8, 4) is 0 Å². The third-order valence-corrected chi connectivity index (χ3v) is 4.64. The summed E-state index contributed by atoms with van der Waals surface area (Å²) in [5.41, 5.74) is -0.350. The lowest BCUT2D eigenvalue weighted by Gasteiger charge is -2.41. The zero-order valence-corrected chi connectivity index (χ0v) is 12.5. The fourth-order valence-electron chi connectivity index (χ4n) is 3.13. The molecule has 0 aromatic rings. The van der Waals surface area contributed by atoms with Crippen LogP contribution in [0.4, 0.5) is 13.2 Å². The van der Waals surface area contributed by atoms with E-state index in [4.69, 9.17) is 4.74 Å². The van der Waals surface area contributed by atoms with Gasteiger partial charge in [-0.1, -0.05) is 0 Å². The predicted molar refractivity (Wildman–Crippen MR) is 71.8 cm³/mol. The molecule has 2 aliphatic heterocycles. The lowest BCUT2D eigenvalue weighted by Crippen LogP contribution is -2.57. The van der Waals surface area contributed by atoms with E-state index in [1.807, 2.05) is 6.92 Å². The Balaban J connectivity index is 1.90. The van der Waals surface area contributed by atoms with Crippen molar-refractivity contribution in [3.63, 3.8) is 0 Å². The van der Waals surface area contributed by atoms with Gasteiger partial charge in [-0.25, -0.2) is 0 Å². The molecule has 0 aliphatic carbocycles. The Hall–Kier alpha value is -0.820. The number of methoxy groups -OCH3 is 1. The van der Waals surface area contributed by atoms with Crippen LogP contribution < -0.4 is 5.32 Å². The number of ether oxygens (including phenoxy) is 1. The maximum absolute atomic E-state index is 12.6. The largest absolute Gasteiger partial charge is 0.393 e. The van der Waals surface area contributed by atoms with Crippen LogP contribution in [0.5, 0.6) is 0 Å². The molecule has 4 nitrogen and oxygen atoms in total. The van der Waals surface area contributed by atoms with E-state index in [-0.39, 0.29) is 30.9 Å². The maximum atomic E-state index is 12.6. The molecule has 0 aromatic heterocycles. The van der Waals surface area contributed by atoms with Crippen LogP contribution in [0.1, 0.15) is 32.6 Å². The third kappa shape index (κ3) is 3.88. The van der Waals surface area contributed by atoms with Crippen molar-refractivity contribution in [2.24, 2.45) is 5.92 Å². The molecule has 2 heterocycles. The molecule has 2 aliphatic rings. The minimum absolute atomic E-state index is 0.0162. The van der Waals surface area contributed by atoms with Crippen LogP contribution in [-0.2, 0) is 9.53 Å². The number of rotatable bonds is 2. The molecule has 2 fully saturated rings. The van der Waals surface area contributed by atoms with Crippen molar-refractivity contribution in [1.82, 2.24) is 10.2 Å². The number of hydrogen-bond acceptors (Lipinski definition) is 3. The van der Waals surface area contributed by atoms with Crippen LogP contribution >= 0.6 is 0 Å². The van der Waals surface area contributed by atoms with Crippen LogP contribution in [-0.4, -0.2) is 55.4 Å². The highest BCUT2D eigenvalue weighted by Crippen LogP contribution is 2.32. The van der Waals surface area contributed by atoms with Gasteiger partial charge in [-0.2, -0.15) is 13.2 Å². The number of carbonyl (C=O) groups is 1. The van der Waals surface area contributed by atoms with Gasteiger partial charge in [0.15, 0.2) is 0 Å². The van der Waals surface area contributed by atoms with E-state index in [1.165, 1.54) is 0 Å². The van der Waals surface area contributed by atoms with E-state index in [0.29, 0.717) is 13.1 Å². The molecule has 0 spiro atoms. The molecule has 3 atom stereocenters. The van der Waals surface area contributed by atoms with Crippen molar-refractivity contribution in [2.75, 3.05) is 26.7 Å². The molecule has 2 rings (SSSR count). The molecule has 0 radical (unpaired) electrons. The lowest BCUT2D eigenvalue weighted by molar-refractivity contribution is -0.181. The highest BCUT2D eigenvalue weighted by atomic mass is 19.4. The maximum Gasteiger partial charge on any atom is 0.393 e. The standard InChI is InChI=1S/C14H23F3N2O2/c1-13(21-2)6-3-7-19(9-13)12(20)11-5-4-10(8-18-11)14(15,16)17/h10-11,18H,3-9H2,1-2H3. The number of alkyl halides is 3. The summed E-state index contributed by atoms with van der Waals surface area (Å²) < 4.78 is 43.3. The second-order valence-electron chi connectivity index (χ2n) is 6.29. The summed E-state index contributed by atoms with van der Waals surface area (Å²) in [6.07, 6.45) is -2.18. The Bertz CT molecular complexity index is 381. The molecule has 0 saturated carbocycles. The van der Waals surface area contributed by atoms with Crippen LogP contribution in [0.2, 0.25) is 0 Å². The number of nitrogens with zero attached hydrogens (tertiary/aromatic N) is 1. The van der Waals surface area contributed by atoms with E-state index in [9.17, 15) is 18.0 Å². The summed E-state index contributed by atoms with van der Waals surface area (Å²) in [7, 11) is 1.63. The van der Waals surface area contributed by atoms with Gasteiger partial charge in [-0.15, -0.1) is 0 Å². The number of nitrogens with one attached hydrogen (secondary N) is 1. The summed E-state index contributed by atoms with van der Waals surface area (Å²) in [6, 6.07) is -0.497. The highest BCUT2D eigenvalue weighted by molar-refractivity contribution is 5.82. The average molecular weight is 308 g/mol. The molecule has 0 aromatic carbocycles. The zero-order chi connectivity index (χ0) is 15.7. The Morgan fingerprint density at radius 3 is 2.62 bits per heavy atom. The van der Waals surface area contributed by atoms with Gasteiger partial charge in [0, 0.05) is 26.7 Å². The van der Waals surface area contributed by atoms with Gasteiger partial charge in [0.1, 0.15) is 0 Å². The number of hydrogen-bond donors (Lipinski definition) is 1. The van der Waals surface area contributed by atoms with Gasteiger partial charge >= 0.3 is 6.18 Å². The summed E-state index contributed by atoms with van der Waals surface area (Å²) >= 11 is 0. The third-order valence-electron chi connectivity index (χ3n) is 4.64. The lowest BCUT2D eigenvalue weighted by atomic mass is 9.91. The first-order valence-electron chi connectivity index (χ1n) is 7.39. The summed E-state index contributed by atoms with van der Waals surface area (Å²) in [5.74, 6) is -1.44. The SMILES string of the molecule is COC1(C)CCCN(C(=O)C2CCC(C(F)(F)F)CN2)C1. The van der Waals surface area contributed by atoms with Gasteiger partial charge in [-0.3, -0.25) is 4.79 Å². The molecule has 1 N–H and O–H groups in total. The van der Waals surface area contributed by atoms with Crippen molar-refractivity contribution >= 4 is 5.91 Å². The fourth-order valence-corrected chi connectivity index (χ4v) is 3.13. The van der Waals surface area contributed by atoms with E-state index in [1.54, 1.807) is 12.0 Å². The second kappa shape index (κ2) is 6.12. The van der Waals surface area contributed by atoms with E-state index < -0.39 is 18.1 Å². The van der Waals surface area contributed by atoms with Crippen LogP contribution in [0.15, 0.2) is 0 Å². The van der Waals surface area contributed by atoms with Gasteiger partial charge < -0.3 is 15.0 Å². The molecule has 2 saturated heterocycles. The molecular weight excluding hydrogens is 285 g/mol. The predicted octanol–water partition coefficient (Wildman–Crippen LogP) is 1.94. The molecule has 0 bridgehead atoms. The monoisotopic (exact) mass is 308 g/mol. The quantitative estimate of drug-likeness (QED) is 0.848. The van der Waals surface area contributed by atoms with E-state index >= 15 is 0 Å². The molecule has 3 unspecified atom stereocenters. The number of halogens is 3. The number of amides is 1. The number of likely N-dealkylation sites (tertiary alicyclic amines) is 1. The summed E-state index contributed by atoms with van der Waals surface area (Å²) in [6.45, 7) is 2.94. The van der Waals surface area contributed by atoms with E-state index in [0.717, 1.165) is 12.8 Å². The van der Waals surface area contributed by atoms with Crippen LogP contribution in [0.25, 0.3) is 0 Å². The minimum atomic E-state index is -4.18. The number of piperidine rings is 2. The van der Waals surface area contributed by atoms with Gasteiger partial charge in [0.25, 0.3) is 0 Å². The molecule has 7 heteroatoms. The van der Waals surface area contributed by atoms with Crippen molar-refractivity contribution in [3.05, 3.63) is 0 Å². The summed E-state index contributed by atoms with van der Waals surface area (Å²) in [5, 5.41) is 2.77. The topological polar surface area (TPSA) is 41.6 Å². The Morgan fingerprint density at radius 1 is 1.38 bits per heavy atom. The normalized spacial score (nSPS) is 34.8. The summed E-state index contributed by atoms with van der Waals surface area (Å²) in [4.78, 5) is 14.2. The van der Waals surface area contributed by atoms with Crippen molar-refractivity contribution in [1.29, 1.82) is 0 Å². The average Bonchev–Trinajstić information content (AvgIpc) is 2.46. The smallest absolute Gasteiger partial charge is 0.377 e. The van der Waals surface area contributed by atoms with Crippen molar-refractivity contribution < 1.29 is 22.7 Å². The second-order valence-corrected chi connectivity index (χ2v) is 6.29. The first kappa shape index (κ1) is 16.5. The highest BCUT2D eigenvalue weighted by Gasteiger charge is 2.43. The zero-order valence-electron chi connectivity index (χ0n) is 12.5. The first-order valence-corrected chi connectivity index (χ1v) is 7.39. The Labute approximate surface area is 123 Å². The number of carbonyl (C=O) groups excluding carboxylic acids is 1. The Kier molecular flexibility index (Phi) is 4.82. The van der Waals surface area contributed by atoms with Crippen LogP contribution in [0, 0.1) is 5.92 Å². The molecule has 1 amide bonds. The van der Waals surface area contributed by atoms with E-state index in [2.05, 4.69) is 5.32 Å². The van der Waals surface area contributed by atoms with Gasteiger partial charge in [-0.05, 0) is 32.6 Å².